The first-order valence-electron chi connectivity index (χ1n) is 7.27. The molecule has 0 spiro atoms. The van der Waals surface area contributed by atoms with E-state index in [1.54, 1.807) is 19.0 Å². The van der Waals surface area contributed by atoms with Crippen LogP contribution in [0.2, 0.25) is 0 Å². The van der Waals surface area contributed by atoms with E-state index in [4.69, 9.17) is 4.74 Å². The summed E-state index contributed by atoms with van der Waals surface area (Å²) < 4.78 is 46.9. The van der Waals surface area contributed by atoms with Crippen LogP contribution in [0.3, 0.4) is 0 Å². The molecule has 124 valence electrons. The summed E-state index contributed by atoms with van der Waals surface area (Å²) in [4.78, 5) is 24.5. The van der Waals surface area contributed by atoms with Crippen molar-refractivity contribution in [3.63, 3.8) is 0 Å². The minimum Gasteiger partial charge on any atom is -0.465 e. The topological polar surface area (TPSA) is 49.9 Å². The fraction of sp³-hybridized carbons (Fsp3) is 0.467. The van der Waals surface area contributed by atoms with E-state index in [1.165, 1.54) is 5.01 Å². The van der Waals surface area contributed by atoms with Crippen molar-refractivity contribution < 1.29 is 27.5 Å². The molecule has 1 aromatic rings. The van der Waals surface area contributed by atoms with Gasteiger partial charge in [0, 0.05) is 19.2 Å². The van der Waals surface area contributed by atoms with Gasteiger partial charge in [0.05, 0.1) is 24.4 Å². The van der Waals surface area contributed by atoms with Crippen LogP contribution in [0.5, 0.6) is 0 Å². The molecule has 3 rings (SSSR count). The van der Waals surface area contributed by atoms with E-state index in [9.17, 15) is 22.8 Å². The Labute approximate surface area is 130 Å². The van der Waals surface area contributed by atoms with Gasteiger partial charge in [0.1, 0.15) is 5.92 Å². The van der Waals surface area contributed by atoms with Gasteiger partial charge in [-0.05, 0) is 13.3 Å². The molecule has 0 fully saturated rings. The minimum absolute atomic E-state index is 0.0145. The summed E-state index contributed by atoms with van der Waals surface area (Å²) in [5.41, 5.74) is -0.594. The van der Waals surface area contributed by atoms with E-state index in [0.717, 1.165) is 0 Å². The summed E-state index contributed by atoms with van der Waals surface area (Å²) in [5.74, 6) is -7.45. The molecule has 2 heterocycles. The summed E-state index contributed by atoms with van der Waals surface area (Å²) in [5, 5.41) is 3.10. The second-order valence-corrected chi connectivity index (χ2v) is 5.53. The third-order valence-corrected chi connectivity index (χ3v) is 4.24. The number of Topliss-reactive ketones (excluding diaryl/α,β-unsaturated/α-hetero) is 1. The van der Waals surface area contributed by atoms with Crippen LogP contribution in [0.1, 0.15) is 22.8 Å². The van der Waals surface area contributed by atoms with Gasteiger partial charge in [-0.15, -0.1) is 0 Å². The molecule has 5 nitrogen and oxygen atoms in total. The Morgan fingerprint density at radius 2 is 1.96 bits per heavy atom. The number of benzene rings is 1. The zero-order chi connectivity index (χ0) is 16.9. The number of anilines is 1. The number of nitrogens with zero attached hydrogens (tertiary/aromatic N) is 2. The van der Waals surface area contributed by atoms with Gasteiger partial charge in [-0.2, -0.15) is 0 Å². The molecule has 0 N–H and O–H groups in total. The molecule has 0 saturated carbocycles. The summed E-state index contributed by atoms with van der Waals surface area (Å²) in [7, 11) is 1.67. The molecule has 0 aliphatic carbocycles. The van der Waals surface area contributed by atoms with Crippen LogP contribution in [0, 0.1) is 23.4 Å². The van der Waals surface area contributed by atoms with E-state index in [-0.39, 0.29) is 30.8 Å². The highest BCUT2D eigenvalue weighted by Crippen LogP contribution is 2.41. The average Bonchev–Trinajstić information content (AvgIpc) is 2.52. The number of ketones is 1. The van der Waals surface area contributed by atoms with E-state index in [0.29, 0.717) is 6.54 Å². The van der Waals surface area contributed by atoms with Crippen LogP contribution < -0.4 is 5.01 Å². The normalized spacial score (nSPS) is 20.5. The first kappa shape index (κ1) is 15.8. The lowest BCUT2D eigenvalue weighted by molar-refractivity contribution is -0.146. The maximum absolute atomic E-state index is 14.2. The van der Waals surface area contributed by atoms with Crippen molar-refractivity contribution in [3.05, 3.63) is 28.6 Å². The number of esters is 1. The van der Waals surface area contributed by atoms with Gasteiger partial charge >= 0.3 is 5.97 Å². The molecule has 1 atom stereocenters. The Hall–Kier alpha value is -2.09. The van der Waals surface area contributed by atoms with E-state index < -0.39 is 40.7 Å². The molecule has 8 heteroatoms. The zero-order valence-electron chi connectivity index (χ0n) is 12.7. The van der Waals surface area contributed by atoms with Crippen molar-refractivity contribution in [1.29, 1.82) is 0 Å². The Kier molecular flexibility index (Phi) is 3.79. The lowest BCUT2D eigenvalue weighted by Gasteiger charge is -2.44. The molecular formula is C15H15F3N2O3. The lowest BCUT2D eigenvalue weighted by atomic mass is 9.87. The van der Waals surface area contributed by atoms with Crippen molar-refractivity contribution in [3.8, 4) is 0 Å². The van der Waals surface area contributed by atoms with Gasteiger partial charge in [-0.25, -0.2) is 18.2 Å². The van der Waals surface area contributed by atoms with Crippen molar-refractivity contribution in [2.24, 2.45) is 5.92 Å². The van der Waals surface area contributed by atoms with Gasteiger partial charge in [0.2, 0.25) is 0 Å². The van der Waals surface area contributed by atoms with Gasteiger partial charge in [-0.1, -0.05) is 0 Å². The van der Waals surface area contributed by atoms with Crippen molar-refractivity contribution in [2.45, 2.75) is 13.3 Å². The molecule has 2 aliphatic heterocycles. The fourth-order valence-electron chi connectivity index (χ4n) is 3.09. The lowest BCUT2D eigenvalue weighted by Crippen LogP contribution is -2.54. The second kappa shape index (κ2) is 5.52. The molecule has 0 amide bonds. The molecule has 1 aromatic carbocycles. The van der Waals surface area contributed by atoms with Gasteiger partial charge in [-0.3, -0.25) is 9.59 Å². The largest absolute Gasteiger partial charge is 0.465 e. The highest BCUT2D eigenvalue weighted by molar-refractivity contribution is 6.14. The molecule has 23 heavy (non-hydrogen) atoms. The van der Waals surface area contributed by atoms with E-state index in [2.05, 4.69) is 0 Å². The monoisotopic (exact) mass is 328 g/mol. The Bertz CT molecular complexity index is 708. The number of hydrazine groups is 1. The molecule has 0 radical (unpaired) electrons. The third kappa shape index (κ3) is 2.20. The minimum atomic E-state index is -1.68. The molecule has 2 aliphatic rings. The Balaban J connectivity index is 2.21. The smallest absolute Gasteiger partial charge is 0.318 e. The van der Waals surface area contributed by atoms with Crippen molar-refractivity contribution >= 4 is 17.4 Å². The number of hydrogen-bond donors (Lipinski definition) is 0. The SMILES string of the molecule is CCOC(=O)C1CN2c3c(c(F)c(F)c(F)c3C1=O)CCN2C. The first-order chi connectivity index (χ1) is 10.9. The summed E-state index contributed by atoms with van der Waals surface area (Å²) >= 11 is 0. The third-order valence-electron chi connectivity index (χ3n) is 4.24. The van der Waals surface area contributed by atoms with Crippen LogP contribution in [0.25, 0.3) is 0 Å². The molecule has 0 bridgehead atoms. The maximum Gasteiger partial charge on any atom is 0.318 e. The predicted molar refractivity (Wildman–Crippen MR) is 74.4 cm³/mol. The fourth-order valence-corrected chi connectivity index (χ4v) is 3.09. The Morgan fingerprint density at radius 1 is 1.26 bits per heavy atom. The number of carbonyl (C=O) groups is 2. The number of halogens is 3. The average molecular weight is 328 g/mol. The van der Waals surface area contributed by atoms with Crippen LogP contribution in [0.4, 0.5) is 18.9 Å². The van der Waals surface area contributed by atoms with E-state index in [1.807, 2.05) is 0 Å². The highest BCUT2D eigenvalue weighted by Gasteiger charge is 2.45. The van der Waals surface area contributed by atoms with Crippen molar-refractivity contribution in [2.75, 3.05) is 31.8 Å². The summed E-state index contributed by atoms with van der Waals surface area (Å²) in [6, 6.07) is 0. The van der Waals surface area contributed by atoms with Crippen LogP contribution in [0.15, 0.2) is 0 Å². The zero-order valence-corrected chi connectivity index (χ0v) is 12.7. The van der Waals surface area contributed by atoms with Crippen LogP contribution in [-0.2, 0) is 16.0 Å². The number of carbonyl (C=O) groups excluding carboxylic acids is 2. The number of likely N-dealkylation sites (N-methyl/N-ethyl adjacent to an activating group) is 1. The summed E-state index contributed by atoms with van der Waals surface area (Å²) in [6.45, 7) is 1.92. The quantitative estimate of drug-likeness (QED) is 0.470. The van der Waals surface area contributed by atoms with Crippen LogP contribution in [-0.4, -0.2) is 43.5 Å². The first-order valence-corrected chi connectivity index (χ1v) is 7.27. The molecule has 1 unspecified atom stereocenters. The van der Waals surface area contributed by atoms with Gasteiger partial charge in [0.25, 0.3) is 0 Å². The molecular weight excluding hydrogens is 313 g/mol. The predicted octanol–water partition coefficient (Wildman–Crippen LogP) is 1.69. The highest BCUT2D eigenvalue weighted by atomic mass is 19.2. The van der Waals surface area contributed by atoms with E-state index >= 15 is 0 Å². The number of ether oxygens (including phenoxy) is 1. The maximum atomic E-state index is 14.2. The van der Waals surface area contributed by atoms with Crippen molar-refractivity contribution in [1.82, 2.24) is 5.01 Å². The van der Waals surface area contributed by atoms with Crippen LogP contribution >= 0.6 is 0 Å². The number of rotatable bonds is 2. The molecule has 0 aromatic heterocycles. The summed E-state index contributed by atoms with van der Waals surface area (Å²) in [6.07, 6.45) is 0.149. The number of hydrogen-bond acceptors (Lipinski definition) is 5. The Morgan fingerprint density at radius 3 is 2.61 bits per heavy atom. The van der Waals surface area contributed by atoms with Gasteiger partial charge in [0.15, 0.2) is 23.2 Å². The second-order valence-electron chi connectivity index (χ2n) is 5.53. The van der Waals surface area contributed by atoms with Gasteiger partial charge < -0.3 is 9.75 Å². The standard InChI is InChI=1S/C15H15F3N2O3/c1-3-23-15(22)8-6-20-13-7(4-5-19(20)2)10(16)12(18)11(17)9(13)14(8)21/h8H,3-6H2,1-2H3. The molecule has 0 saturated heterocycles.